The molecular weight excluding hydrogens is 182 g/mol. The second-order valence-corrected chi connectivity index (χ2v) is 2.77. The third-order valence-corrected chi connectivity index (χ3v) is 1.85. The molecule has 0 fully saturated rings. The van der Waals surface area contributed by atoms with Crippen LogP contribution in [0.5, 0.6) is 0 Å². The summed E-state index contributed by atoms with van der Waals surface area (Å²) >= 11 is 0. The van der Waals surface area contributed by atoms with E-state index in [1.807, 2.05) is 0 Å². The van der Waals surface area contributed by atoms with Crippen molar-refractivity contribution < 1.29 is 4.42 Å². The molecular formula is C9H9N3O2. The molecule has 0 radical (unpaired) electrons. The van der Waals surface area contributed by atoms with E-state index in [4.69, 9.17) is 10.2 Å². The fourth-order valence-electron chi connectivity index (χ4n) is 1.11. The third-order valence-electron chi connectivity index (χ3n) is 1.85. The molecule has 5 nitrogen and oxygen atoms in total. The van der Waals surface area contributed by atoms with Crippen LogP contribution in [0.15, 0.2) is 33.8 Å². The van der Waals surface area contributed by atoms with Gasteiger partial charge in [-0.15, -0.1) is 0 Å². The van der Waals surface area contributed by atoms with E-state index in [1.165, 1.54) is 12.5 Å². The number of furan rings is 1. The maximum Gasteiger partial charge on any atom is 0.255 e. The van der Waals surface area contributed by atoms with Crippen molar-refractivity contribution in [1.82, 2.24) is 9.97 Å². The standard InChI is InChI=1S/C9H9N3O2/c10-4-6-5-11-8(12-9(6)13)7-2-1-3-14-7/h1-3,5H,4,10H2,(H,11,12,13). The van der Waals surface area contributed by atoms with E-state index in [1.54, 1.807) is 12.1 Å². The molecule has 14 heavy (non-hydrogen) atoms. The summed E-state index contributed by atoms with van der Waals surface area (Å²) < 4.78 is 5.08. The molecule has 0 aliphatic rings. The molecule has 2 heterocycles. The van der Waals surface area contributed by atoms with Crippen molar-refractivity contribution in [2.45, 2.75) is 6.54 Å². The highest BCUT2D eigenvalue weighted by Crippen LogP contribution is 2.12. The number of aromatic nitrogens is 2. The van der Waals surface area contributed by atoms with Crippen molar-refractivity contribution in [3.63, 3.8) is 0 Å². The van der Waals surface area contributed by atoms with E-state index in [-0.39, 0.29) is 12.1 Å². The smallest absolute Gasteiger partial charge is 0.255 e. The number of rotatable bonds is 2. The number of H-pyrrole nitrogens is 1. The minimum absolute atomic E-state index is 0.181. The van der Waals surface area contributed by atoms with E-state index in [0.29, 0.717) is 17.1 Å². The summed E-state index contributed by atoms with van der Waals surface area (Å²) in [6.45, 7) is 0.181. The Balaban J connectivity index is 2.48. The highest BCUT2D eigenvalue weighted by atomic mass is 16.3. The summed E-state index contributed by atoms with van der Waals surface area (Å²) in [5.74, 6) is 0.947. The van der Waals surface area contributed by atoms with Crippen molar-refractivity contribution in [1.29, 1.82) is 0 Å². The van der Waals surface area contributed by atoms with E-state index in [9.17, 15) is 4.79 Å². The zero-order valence-corrected chi connectivity index (χ0v) is 7.36. The molecule has 5 heteroatoms. The zero-order valence-electron chi connectivity index (χ0n) is 7.36. The summed E-state index contributed by atoms with van der Waals surface area (Å²) in [7, 11) is 0. The molecule has 3 N–H and O–H groups in total. The quantitative estimate of drug-likeness (QED) is 0.723. The molecule has 2 aromatic rings. The molecule has 0 saturated carbocycles. The highest BCUT2D eigenvalue weighted by Gasteiger charge is 2.04. The van der Waals surface area contributed by atoms with Crippen molar-refractivity contribution in [2.24, 2.45) is 5.73 Å². The van der Waals surface area contributed by atoms with Crippen LogP contribution in [0.1, 0.15) is 5.56 Å². The Hall–Kier alpha value is -1.88. The van der Waals surface area contributed by atoms with Gasteiger partial charge in [0, 0.05) is 18.3 Å². The van der Waals surface area contributed by atoms with Crippen LogP contribution < -0.4 is 11.3 Å². The zero-order chi connectivity index (χ0) is 9.97. The minimum atomic E-state index is -0.228. The first-order valence-electron chi connectivity index (χ1n) is 4.13. The Morgan fingerprint density at radius 2 is 2.43 bits per heavy atom. The highest BCUT2D eigenvalue weighted by molar-refractivity contribution is 5.45. The lowest BCUT2D eigenvalue weighted by Gasteiger charge is -1.97. The molecule has 72 valence electrons. The Kier molecular flexibility index (Phi) is 2.16. The summed E-state index contributed by atoms with van der Waals surface area (Å²) in [4.78, 5) is 18.0. The van der Waals surface area contributed by atoms with Crippen LogP contribution in [0, 0.1) is 0 Å². The van der Waals surface area contributed by atoms with Crippen LogP contribution in [0.4, 0.5) is 0 Å². The fourth-order valence-corrected chi connectivity index (χ4v) is 1.11. The van der Waals surface area contributed by atoms with Gasteiger partial charge < -0.3 is 15.1 Å². The van der Waals surface area contributed by atoms with Crippen LogP contribution in [0.2, 0.25) is 0 Å². The van der Waals surface area contributed by atoms with E-state index < -0.39 is 0 Å². The molecule has 0 bridgehead atoms. The van der Waals surface area contributed by atoms with Gasteiger partial charge in [-0.3, -0.25) is 4.79 Å². The molecule has 0 aliphatic carbocycles. The second kappa shape index (κ2) is 3.47. The summed E-state index contributed by atoms with van der Waals surface area (Å²) in [6, 6.07) is 3.45. The maximum atomic E-state index is 11.3. The van der Waals surface area contributed by atoms with Gasteiger partial charge in [-0.05, 0) is 12.1 Å². The monoisotopic (exact) mass is 191 g/mol. The normalized spacial score (nSPS) is 10.4. The van der Waals surface area contributed by atoms with Crippen LogP contribution in [-0.2, 0) is 6.54 Å². The van der Waals surface area contributed by atoms with Gasteiger partial charge in [0.05, 0.1) is 6.26 Å². The van der Waals surface area contributed by atoms with Gasteiger partial charge in [0.15, 0.2) is 11.6 Å². The Labute approximate surface area is 79.6 Å². The number of aromatic amines is 1. The SMILES string of the molecule is NCc1cnc(-c2ccco2)[nH]c1=O. The lowest BCUT2D eigenvalue weighted by Crippen LogP contribution is -2.17. The second-order valence-electron chi connectivity index (χ2n) is 2.77. The van der Waals surface area contributed by atoms with Gasteiger partial charge >= 0.3 is 0 Å². The largest absolute Gasteiger partial charge is 0.461 e. The molecule has 0 amide bonds. The van der Waals surface area contributed by atoms with Crippen molar-refractivity contribution >= 4 is 0 Å². The molecule has 2 rings (SSSR count). The van der Waals surface area contributed by atoms with E-state index in [2.05, 4.69) is 9.97 Å². The lowest BCUT2D eigenvalue weighted by molar-refractivity contribution is 0.576. The number of hydrogen-bond acceptors (Lipinski definition) is 4. The number of nitrogens with two attached hydrogens (primary N) is 1. The molecule has 0 unspecified atom stereocenters. The fraction of sp³-hybridized carbons (Fsp3) is 0.111. The van der Waals surface area contributed by atoms with Gasteiger partial charge in [0.2, 0.25) is 0 Å². The van der Waals surface area contributed by atoms with Crippen molar-refractivity contribution in [3.05, 3.63) is 40.5 Å². The average molecular weight is 191 g/mol. The Bertz CT molecular complexity index is 473. The predicted octanol–water partition coefficient (Wildman–Crippen LogP) is 0.489. The average Bonchev–Trinajstić information content (AvgIpc) is 2.70. The van der Waals surface area contributed by atoms with Crippen molar-refractivity contribution in [3.8, 4) is 11.6 Å². The summed E-state index contributed by atoms with van der Waals surface area (Å²) in [5.41, 5.74) is 5.57. The molecule has 2 aromatic heterocycles. The molecule has 0 aromatic carbocycles. The van der Waals surface area contributed by atoms with Crippen LogP contribution in [0.3, 0.4) is 0 Å². The Morgan fingerprint density at radius 3 is 3.00 bits per heavy atom. The minimum Gasteiger partial charge on any atom is -0.461 e. The van der Waals surface area contributed by atoms with Gasteiger partial charge in [0.25, 0.3) is 5.56 Å². The third kappa shape index (κ3) is 1.45. The number of hydrogen-bond donors (Lipinski definition) is 2. The van der Waals surface area contributed by atoms with Crippen LogP contribution in [0.25, 0.3) is 11.6 Å². The van der Waals surface area contributed by atoms with E-state index in [0.717, 1.165) is 0 Å². The topological polar surface area (TPSA) is 84.9 Å². The van der Waals surface area contributed by atoms with Gasteiger partial charge in [-0.25, -0.2) is 4.98 Å². The van der Waals surface area contributed by atoms with Gasteiger partial charge in [-0.1, -0.05) is 0 Å². The van der Waals surface area contributed by atoms with Gasteiger partial charge in [-0.2, -0.15) is 0 Å². The van der Waals surface area contributed by atoms with Crippen LogP contribution >= 0.6 is 0 Å². The predicted molar refractivity (Wildman–Crippen MR) is 50.5 cm³/mol. The van der Waals surface area contributed by atoms with E-state index >= 15 is 0 Å². The van der Waals surface area contributed by atoms with Crippen molar-refractivity contribution in [2.75, 3.05) is 0 Å². The van der Waals surface area contributed by atoms with Crippen LogP contribution in [-0.4, -0.2) is 9.97 Å². The lowest BCUT2D eigenvalue weighted by atomic mass is 10.3. The number of nitrogens with zero attached hydrogens (tertiary/aromatic N) is 1. The first-order chi connectivity index (χ1) is 6.81. The summed E-state index contributed by atoms with van der Waals surface area (Å²) in [6.07, 6.45) is 2.98. The maximum absolute atomic E-state index is 11.3. The number of nitrogens with one attached hydrogen (secondary N) is 1. The molecule has 0 saturated heterocycles. The summed E-state index contributed by atoms with van der Waals surface area (Å²) in [5, 5.41) is 0. The molecule has 0 aliphatic heterocycles. The first kappa shape index (κ1) is 8.71. The first-order valence-corrected chi connectivity index (χ1v) is 4.13. The molecule has 0 spiro atoms. The molecule has 0 atom stereocenters. The Morgan fingerprint density at radius 1 is 1.57 bits per heavy atom. The van der Waals surface area contributed by atoms with Gasteiger partial charge in [0.1, 0.15) is 0 Å².